The Bertz CT molecular complexity index is 2840. The van der Waals surface area contributed by atoms with Crippen molar-refractivity contribution in [2.24, 2.45) is 0 Å². The molecule has 0 amide bonds. The molecule has 0 aromatic heterocycles. The summed E-state index contributed by atoms with van der Waals surface area (Å²) in [6.45, 7) is 4.17. The number of hydrogen-bond donors (Lipinski definition) is 0. The van der Waals surface area contributed by atoms with Gasteiger partial charge in [0.25, 0.3) is 0 Å². The molecule has 6 nitrogen and oxygen atoms in total. The van der Waals surface area contributed by atoms with Gasteiger partial charge in [0.2, 0.25) is 0 Å². The predicted molar refractivity (Wildman–Crippen MR) is 226 cm³/mol. The topological polar surface area (TPSA) is 86.7 Å². The summed E-state index contributed by atoms with van der Waals surface area (Å²) >= 11 is -3.88. The van der Waals surface area contributed by atoms with Gasteiger partial charge in [-0.15, -0.1) is 0 Å². The molecule has 386 valence electrons. The summed E-state index contributed by atoms with van der Waals surface area (Å²) in [7, 11) is -19.3. The Morgan fingerprint density at radius 1 is 0.443 bits per heavy atom. The summed E-state index contributed by atoms with van der Waals surface area (Å²) in [5.41, 5.74) is 0.733. The third kappa shape index (κ3) is 9.83. The summed E-state index contributed by atoms with van der Waals surface area (Å²) in [6, 6.07) is 23.0. The van der Waals surface area contributed by atoms with Crippen LogP contribution in [0.1, 0.15) is 16.7 Å². The van der Waals surface area contributed by atoms with E-state index < -0.39 is 102 Å². The maximum atomic E-state index is 15.3. The molecule has 29 heteroatoms. The number of alkyl halides is 18. The Labute approximate surface area is 399 Å². The third-order valence-electron chi connectivity index (χ3n) is 9.50. The average molecular weight is 1210 g/mol. The van der Waals surface area contributed by atoms with Crippen molar-refractivity contribution in [3.8, 4) is 0 Å². The van der Waals surface area contributed by atoms with Crippen molar-refractivity contribution in [2.45, 2.75) is 91.8 Å². The van der Waals surface area contributed by atoms with E-state index in [4.69, 9.17) is 3.63 Å². The molecule has 0 radical (unpaired) electrons. The van der Waals surface area contributed by atoms with E-state index in [2.05, 4.69) is 2.51 Å². The second-order valence-corrected chi connectivity index (χ2v) is 26.5. The van der Waals surface area contributed by atoms with Crippen LogP contribution in [0, 0.1) is 27.9 Å². The van der Waals surface area contributed by atoms with Gasteiger partial charge in [-0.1, -0.05) is 36.4 Å². The summed E-state index contributed by atoms with van der Waals surface area (Å²) in [4.78, 5) is -0.990. The van der Waals surface area contributed by atoms with Crippen LogP contribution in [0.2, 0.25) is 0 Å². The number of halogens is 19. The monoisotopic (exact) mass is 1210 g/mol. The fraction of sp³-hybridized carbons (Fsp3) is 0.268. The molecular formula is C41H29F18IO6S4. The third-order valence-corrected chi connectivity index (χ3v) is 24.0. The molecule has 0 aliphatic carbocycles. The standard InChI is InChI=1S/C41H29F18IO6S4/c1-24-22-25(2)33(26(3)23-24)60(65-69(61,62)40(56,57)36(46,47)34(42,43)38(50,51)52)27-14-16-28(17-15-27)67-29-18-20-32(21-19-29)68(30-10-6-4-7-11-30,31-12-8-5-9-13-31)66-70(63,64)41(58,59)37(48,49)35(44,45)39(53,54)55/h4-23H,1-3H3. The molecule has 5 aromatic rings. The van der Waals surface area contributed by atoms with Crippen molar-refractivity contribution in [1.82, 2.24) is 0 Å². The zero-order chi connectivity index (χ0) is 53.1. The van der Waals surface area contributed by atoms with Crippen molar-refractivity contribution < 1.29 is 102 Å². The zero-order valence-electron chi connectivity index (χ0n) is 34.8. The van der Waals surface area contributed by atoms with E-state index in [9.17, 15) is 87.1 Å². The van der Waals surface area contributed by atoms with Crippen molar-refractivity contribution in [2.75, 3.05) is 0 Å². The second-order valence-electron chi connectivity index (χ2n) is 14.5. The van der Waals surface area contributed by atoms with Crippen LogP contribution < -0.4 is 0 Å². The molecule has 0 fully saturated rings. The Kier molecular flexibility index (Phi) is 15.6. The van der Waals surface area contributed by atoms with Gasteiger partial charge in [-0.2, -0.15) is 47.9 Å². The first-order valence-electron chi connectivity index (χ1n) is 18.6. The second kappa shape index (κ2) is 19.2. The van der Waals surface area contributed by atoms with E-state index in [1.165, 1.54) is 69.3 Å². The zero-order valence-corrected chi connectivity index (χ0v) is 40.2. The predicted octanol–water partition coefficient (Wildman–Crippen LogP) is 15.0. The summed E-state index contributed by atoms with van der Waals surface area (Å²) in [6.07, 6.45) is -14.7. The van der Waals surface area contributed by atoms with E-state index in [0.29, 0.717) is 5.56 Å². The number of hydrogen-bond acceptors (Lipinski definition) is 7. The average Bonchev–Trinajstić information content (AvgIpc) is 3.25. The molecule has 0 spiro atoms. The van der Waals surface area contributed by atoms with Gasteiger partial charge in [0.1, 0.15) is 0 Å². The maximum absolute atomic E-state index is 15.3. The molecule has 0 atom stereocenters. The van der Waals surface area contributed by atoms with Crippen LogP contribution in [0.5, 0.6) is 0 Å². The molecule has 0 heterocycles. The molecule has 5 rings (SSSR count). The normalized spacial score (nSPS) is 14.7. The van der Waals surface area contributed by atoms with Gasteiger partial charge in [-0.25, -0.2) is 0 Å². The van der Waals surface area contributed by atoms with Crippen LogP contribution in [-0.2, 0) is 26.4 Å². The van der Waals surface area contributed by atoms with Crippen molar-refractivity contribution in [3.05, 3.63) is 145 Å². The van der Waals surface area contributed by atoms with Crippen LogP contribution in [-0.4, -0.2) is 63.4 Å². The van der Waals surface area contributed by atoms with Crippen LogP contribution in [0.3, 0.4) is 0 Å². The first-order valence-corrected chi connectivity index (χ1v) is 26.9. The van der Waals surface area contributed by atoms with Gasteiger partial charge in [-0.3, -0.25) is 0 Å². The Morgan fingerprint density at radius 3 is 1.16 bits per heavy atom. The van der Waals surface area contributed by atoms with Gasteiger partial charge < -0.3 is 0 Å². The fourth-order valence-corrected chi connectivity index (χ4v) is 19.8. The molecular weight excluding hydrogens is 1190 g/mol. The summed E-state index contributed by atoms with van der Waals surface area (Å²) in [5.74, 6) is -30.4. The van der Waals surface area contributed by atoms with Crippen molar-refractivity contribution >= 4 is 62.5 Å². The summed E-state index contributed by atoms with van der Waals surface area (Å²) in [5, 5.41) is -14.4. The van der Waals surface area contributed by atoms with E-state index in [1.807, 2.05) is 0 Å². The van der Waals surface area contributed by atoms with E-state index in [1.54, 1.807) is 0 Å². The minimum absolute atomic E-state index is 0.113. The Balaban J connectivity index is 1.58. The summed E-state index contributed by atoms with van der Waals surface area (Å²) < 4.78 is 313. The van der Waals surface area contributed by atoms with E-state index in [-0.39, 0.29) is 37.8 Å². The van der Waals surface area contributed by atoms with Crippen LogP contribution >= 0.6 is 42.3 Å². The first-order chi connectivity index (χ1) is 31.7. The number of benzene rings is 5. The van der Waals surface area contributed by atoms with Gasteiger partial charge in [-0.05, 0) is 0 Å². The molecule has 0 unspecified atom stereocenters. The molecule has 0 saturated heterocycles. The molecule has 0 bridgehead atoms. The fourth-order valence-electron chi connectivity index (χ4n) is 6.15. The molecule has 70 heavy (non-hydrogen) atoms. The molecule has 0 N–H and O–H groups in total. The van der Waals surface area contributed by atoms with E-state index >= 15 is 8.78 Å². The van der Waals surface area contributed by atoms with Gasteiger partial charge in [0.05, 0.1) is 0 Å². The molecule has 5 aromatic carbocycles. The molecule has 0 aliphatic heterocycles. The first kappa shape index (κ1) is 57.0. The van der Waals surface area contributed by atoms with Crippen LogP contribution in [0.4, 0.5) is 79.0 Å². The van der Waals surface area contributed by atoms with Gasteiger partial charge >= 0.3 is 317 Å². The number of rotatable bonds is 17. The van der Waals surface area contributed by atoms with Gasteiger partial charge in [0, 0.05) is 0 Å². The minimum atomic E-state index is -7.65. The van der Waals surface area contributed by atoms with Crippen molar-refractivity contribution in [1.29, 1.82) is 0 Å². The van der Waals surface area contributed by atoms with Crippen LogP contribution in [0.25, 0.3) is 0 Å². The van der Waals surface area contributed by atoms with E-state index in [0.717, 1.165) is 84.6 Å². The van der Waals surface area contributed by atoms with Gasteiger partial charge in [0.15, 0.2) is 0 Å². The SMILES string of the molecule is Cc1cc(C)c(I(OS(=O)(=O)C(F)(F)C(F)(F)C(F)(F)C(F)(F)F)c2ccc(Sc3ccc(S(OS(=O)(=O)C(F)(F)C(F)(F)C(F)(F)C(F)(F)F)(c4ccccc4)c4ccccc4)cc3)cc2)c(C)c1. The molecule has 0 aliphatic rings. The Hall–Kier alpha value is -3.91. The molecule has 0 saturated carbocycles. The Morgan fingerprint density at radius 2 is 0.786 bits per heavy atom. The quantitative estimate of drug-likeness (QED) is 0.0677. The van der Waals surface area contributed by atoms with Crippen molar-refractivity contribution in [3.63, 3.8) is 0 Å². The van der Waals surface area contributed by atoms with Crippen LogP contribution in [0.15, 0.2) is 146 Å². The number of aryl methyl sites for hydroxylation is 3.